The van der Waals surface area contributed by atoms with Gasteiger partial charge in [-0.15, -0.1) is 0 Å². The number of alkyl halides is 1. The number of morpholine rings is 1. The Morgan fingerprint density at radius 1 is 1.38 bits per heavy atom. The number of nitrogens with zero attached hydrogens (tertiary/aromatic N) is 2. The minimum atomic E-state index is 0.420. The van der Waals surface area contributed by atoms with E-state index in [1.807, 2.05) is 12.3 Å². The van der Waals surface area contributed by atoms with E-state index in [0.29, 0.717) is 12.2 Å². The number of hydrogen-bond acceptors (Lipinski definition) is 3. The van der Waals surface area contributed by atoms with Crippen molar-refractivity contribution in [3.8, 4) is 0 Å². The molecule has 0 radical (unpaired) electrons. The van der Waals surface area contributed by atoms with Gasteiger partial charge < -0.3 is 9.64 Å². The molecule has 0 saturated carbocycles. The van der Waals surface area contributed by atoms with Crippen LogP contribution in [-0.4, -0.2) is 30.3 Å². The molecule has 16 heavy (non-hydrogen) atoms. The molecule has 0 amide bonds. The number of aromatic nitrogens is 1. The van der Waals surface area contributed by atoms with E-state index in [-0.39, 0.29) is 0 Å². The topological polar surface area (TPSA) is 25.4 Å². The summed E-state index contributed by atoms with van der Waals surface area (Å²) < 4.78 is 5.84. The van der Waals surface area contributed by atoms with Gasteiger partial charge in [0.05, 0.1) is 12.2 Å². The largest absolute Gasteiger partial charge is 0.371 e. The van der Waals surface area contributed by atoms with Crippen molar-refractivity contribution in [3.63, 3.8) is 0 Å². The van der Waals surface area contributed by atoms with Crippen molar-refractivity contribution in [1.29, 1.82) is 0 Å². The molecule has 3 rings (SSSR count). The third kappa shape index (κ3) is 1.84. The molecule has 2 saturated heterocycles. The molecule has 1 aromatic heterocycles. The molecule has 2 aliphatic rings. The second-order valence-corrected chi connectivity index (χ2v) is 5.04. The third-order valence-corrected chi connectivity index (χ3v) is 3.96. The first-order valence-electron chi connectivity index (χ1n) is 5.77. The second kappa shape index (κ2) is 4.34. The molecule has 4 heteroatoms. The van der Waals surface area contributed by atoms with Gasteiger partial charge >= 0.3 is 0 Å². The van der Waals surface area contributed by atoms with Crippen LogP contribution in [0.1, 0.15) is 18.4 Å². The minimum Gasteiger partial charge on any atom is -0.371 e. The van der Waals surface area contributed by atoms with E-state index < -0.39 is 0 Å². The quantitative estimate of drug-likeness (QED) is 0.779. The smallest absolute Gasteiger partial charge is 0.132 e. The molecule has 0 N–H and O–H groups in total. The summed E-state index contributed by atoms with van der Waals surface area (Å²) in [6.07, 6.45) is 5.13. The van der Waals surface area contributed by atoms with Crippen molar-refractivity contribution >= 4 is 21.7 Å². The van der Waals surface area contributed by atoms with Crippen LogP contribution in [0.5, 0.6) is 0 Å². The Hall–Kier alpha value is -0.610. The summed E-state index contributed by atoms with van der Waals surface area (Å²) in [7, 11) is 0. The van der Waals surface area contributed by atoms with Gasteiger partial charge in [-0.25, -0.2) is 4.98 Å². The molecular weight excluding hydrogens is 268 g/mol. The van der Waals surface area contributed by atoms with Crippen LogP contribution in [0.3, 0.4) is 0 Å². The summed E-state index contributed by atoms with van der Waals surface area (Å²) in [6, 6.07) is 4.13. The van der Waals surface area contributed by atoms with Gasteiger partial charge in [0.1, 0.15) is 5.82 Å². The number of anilines is 1. The Morgan fingerprint density at radius 2 is 2.12 bits per heavy atom. The Kier molecular flexibility index (Phi) is 2.86. The fourth-order valence-corrected chi connectivity index (χ4v) is 3.04. The van der Waals surface area contributed by atoms with Gasteiger partial charge in [0.2, 0.25) is 0 Å². The predicted octanol–water partition coefficient (Wildman–Crippen LogP) is 2.34. The molecular formula is C12H15BrN2O. The lowest BCUT2D eigenvalue weighted by atomic mass is 10.2. The number of fused-ring (bicyclic) bond motifs is 2. The lowest BCUT2D eigenvalue weighted by molar-refractivity contribution is 0.0302. The van der Waals surface area contributed by atoms with E-state index in [2.05, 4.69) is 31.9 Å². The second-order valence-electron chi connectivity index (χ2n) is 4.48. The molecule has 2 atom stereocenters. The highest BCUT2D eigenvalue weighted by atomic mass is 79.9. The van der Waals surface area contributed by atoms with E-state index in [9.17, 15) is 0 Å². The molecule has 86 valence electrons. The fraction of sp³-hybridized carbons (Fsp3) is 0.583. The standard InChI is InChI=1S/C12H15BrN2O/c13-6-9-2-1-5-14-12(9)15-7-10-3-4-11(8-15)16-10/h1-2,5,10-11H,3-4,6-8H2. The lowest BCUT2D eigenvalue weighted by Gasteiger charge is -2.33. The van der Waals surface area contributed by atoms with E-state index >= 15 is 0 Å². The van der Waals surface area contributed by atoms with E-state index in [0.717, 1.165) is 24.2 Å². The molecule has 1 aromatic rings. The summed E-state index contributed by atoms with van der Waals surface area (Å²) in [6.45, 7) is 1.99. The lowest BCUT2D eigenvalue weighted by Crippen LogP contribution is -2.43. The Morgan fingerprint density at radius 3 is 2.81 bits per heavy atom. The average Bonchev–Trinajstić information content (AvgIpc) is 2.68. The van der Waals surface area contributed by atoms with Crippen molar-refractivity contribution in [3.05, 3.63) is 23.9 Å². The maximum atomic E-state index is 5.84. The van der Waals surface area contributed by atoms with Crippen molar-refractivity contribution in [2.75, 3.05) is 18.0 Å². The molecule has 3 nitrogen and oxygen atoms in total. The maximum Gasteiger partial charge on any atom is 0.132 e. The van der Waals surface area contributed by atoms with Crippen LogP contribution in [-0.2, 0) is 10.1 Å². The van der Waals surface area contributed by atoms with Crippen LogP contribution in [0.4, 0.5) is 5.82 Å². The number of halogens is 1. The summed E-state index contributed by atoms with van der Waals surface area (Å²) in [5, 5.41) is 0.864. The van der Waals surface area contributed by atoms with E-state index in [1.54, 1.807) is 0 Å². The molecule has 3 heterocycles. The number of ether oxygens (including phenoxy) is 1. The summed E-state index contributed by atoms with van der Waals surface area (Å²) in [4.78, 5) is 6.89. The Bertz CT molecular complexity index is 373. The molecule has 0 aromatic carbocycles. The summed E-state index contributed by atoms with van der Waals surface area (Å²) in [5.74, 6) is 1.12. The Balaban J connectivity index is 1.86. The van der Waals surface area contributed by atoms with Crippen molar-refractivity contribution in [1.82, 2.24) is 4.98 Å². The van der Waals surface area contributed by atoms with Crippen molar-refractivity contribution in [2.45, 2.75) is 30.4 Å². The number of rotatable bonds is 2. The van der Waals surface area contributed by atoms with Crippen LogP contribution in [0.2, 0.25) is 0 Å². The first-order valence-corrected chi connectivity index (χ1v) is 6.89. The molecule has 2 unspecified atom stereocenters. The monoisotopic (exact) mass is 282 g/mol. The van der Waals surface area contributed by atoms with Gasteiger partial charge in [-0.3, -0.25) is 0 Å². The van der Waals surface area contributed by atoms with Gasteiger partial charge in [0, 0.05) is 30.2 Å². The van der Waals surface area contributed by atoms with Crippen LogP contribution in [0.25, 0.3) is 0 Å². The first-order chi connectivity index (χ1) is 7.86. The van der Waals surface area contributed by atoms with E-state index in [1.165, 1.54) is 18.4 Å². The minimum absolute atomic E-state index is 0.420. The molecule has 2 fully saturated rings. The molecule has 2 bridgehead atoms. The predicted molar refractivity (Wildman–Crippen MR) is 67.0 cm³/mol. The highest BCUT2D eigenvalue weighted by Gasteiger charge is 2.34. The number of hydrogen-bond donors (Lipinski definition) is 0. The van der Waals surface area contributed by atoms with E-state index in [4.69, 9.17) is 4.74 Å². The van der Waals surface area contributed by atoms with Gasteiger partial charge in [-0.1, -0.05) is 22.0 Å². The molecule has 0 spiro atoms. The van der Waals surface area contributed by atoms with Gasteiger partial charge in [0.15, 0.2) is 0 Å². The van der Waals surface area contributed by atoms with Crippen LogP contribution in [0.15, 0.2) is 18.3 Å². The highest BCUT2D eigenvalue weighted by molar-refractivity contribution is 9.08. The zero-order chi connectivity index (χ0) is 11.0. The zero-order valence-corrected chi connectivity index (χ0v) is 10.7. The van der Waals surface area contributed by atoms with Gasteiger partial charge in [-0.05, 0) is 18.9 Å². The van der Waals surface area contributed by atoms with Crippen LogP contribution in [0, 0.1) is 0 Å². The SMILES string of the molecule is BrCc1cccnc1N1CC2CCC(C1)O2. The molecule has 2 aliphatic heterocycles. The average molecular weight is 283 g/mol. The first kappa shape index (κ1) is 10.5. The van der Waals surface area contributed by atoms with Gasteiger partial charge in [0.25, 0.3) is 0 Å². The zero-order valence-electron chi connectivity index (χ0n) is 9.10. The summed E-state index contributed by atoms with van der Waals surface area (Å²) >= 11 is 3.52. The number of pyridine rings is 1. The third-order valence-electron chi connectivity index (χ3n) is 3.35. The van der Waals surface area contributed by atoms with Crippen molar-refractivity contribution < 1.29 is 4.74 Å². The van der Waals surface area contributed by atoms with Gasteiger partial charge in [-0.2, -0.15) is 0 Å². The van der Waals surface area contributed by atoms with Crippen molar-refractivity contribution in [2.24, 2.45) is 0 Å². The fourth-order valence-electron chi connectivity index (χ4n) is 2.61. The summed E-state index contributed by atoms with van der Waals surface area (Å²) in [5.41, 5.74) is 1.27. The highest BCUT2D eigenvalue weighted by Crippen LogP contribution is 2.30. The Labute approximate surface area is 104 Å². The normalized spacial score (nSPS) is 28.4. The van der Waals surface area contributed by atoms with Crippen LogP contribution >= 0.6 is 15.9 Å². The van der Waals surface area contributed by atoms with Crippen LogP contribution < -0.4 is 4.90 Å². The molecule has 0 aliphatic carbocycles. The maximum absolute atomic E-state index is 5.84.